The summed E-state index contributed by atoms with van der Waals surface area (Å²) in [5.74, 6) is 0. The first kappa shape index (κ1) is 16.7. The second-order valence-corrected chi connectivity index (χ2v) is 6.52. The zero-order chi connectivity index (χ0) is 16.6. The second-order valence-electron chi connectivity index (χ2n) is 5.61. The van der Waals surface area contributed by atoms with Crippen LogP contribution in [0.25, 0.3) is 0 Å². The van der Waals surface area contributed by atoms with Gasteiger partial charge in [-0.2, -0.15) is 0 Å². The fraction of sp³-hybridized carbons (Fsp3) is 0.200. The minimum absolute atomic E-state index is 0.926. The summed E-state index contributed by atoms with van der Waals surface area (Å²) in [6.07, 6.45) is 5.56. The summed E-state index contributed by atoms with van der Waals surface area (Å²) in [6.45, 7) is 1.86. The van der Waals surface area contributed by atoms with Gasteiger partial charge in [0.1, 0.15) is 0 Å². The van der Waals surface area contributed by atoms with Gasteiger partial charge in [-0.1, -0.05) is 34.1 Å². The molecule has 0 saturated carbocycles. The number of benzene rings is 1. The molecule has 3 rings (SSSR count). The lowest BCUT2D eigenvalue weighted by Crippen LogP contribution is -2.28. The van der Waals surface area contributed by atoms with Gasteiger partial charge in [-0.25, -0.2) is 0 Å². The van der Waals surface area contributed by atoms with E-state index in [9.17, 15) is 0 Å². The predicted molar refractivity (Wildman–Crippen MR) is 102 cm³/mol. The van der Waals surface area contributed by atoms with Crippen molar-refractivity contribution in [3.63, 3.8) is 0 Å². The van der Waals surface area contributed by atoms with E-state index in [4.69, 9.17) is 0 Å². The molecule has 0 unspecified atom stereocenters. The molecule has 2 aromatic heterocycles. The van der Waals surface area contributed by atoms with Crippen LogP contribution in [0.5, 0.6) is 0 Å². The van der Waals surface area contributed by atoms with E-state index in [0.717, 1.165) is 41.8 Å². The van der Waals surface area contributed by atoms with Gasteiger partial charge in [0.2, 0.25) is 0 Å². The quantitative estimate of drug-likeness (QED) is 0.601. The van der Waals surface area contributed by atoms with Gasteiger partial charge >= 0.3 is 0 Å². The number of halogens is 1. The van der Waals surface area contributed by atoms with Gasteiger partial charge in [0.15, 0.2) is 0 Å². The highest BCUT2D eigenvalue weighted by atomic mass is 79.9. The molecule has 0 radical (unpaired) electrons. The van der Waals surface area contributed by atoms with E-state index < -0.39 is 0 Å². The largest absolute Gasteiger partial charge is 0.371 e. The summed E-state index contributed by atoms with van der Waals surface area (Å²) in [6, 6.07) is 20.6. The normalized spacial score (nSPS) is 10.5. The minimum Gasteiger partial charge on any atom is -0.371 e. The summed E-state index contributed by atoms with van der Waals surface area (Å²) in [7, 11) is 0. The molecule has 4 heteroatoms. The molecule has 0 N–H and O–H groups in total. The number of aromatic nitrogens is 2. The molecule has 0 bridgehead atoms. The maximum atomic E-state index is 4.43. The van der Waals surface area contributed by atoms with Crippen molar-refractivity contribution in [2.24, 2.45) is 0 Å². The van der Waals surface area contributed by atoms with Crippen molar-refractivity contribution in [3.8, 4) is 0 Å². The van der Waals surface area contributed by atoms with Crippen molar-refractivity contribution < 1.29 is 0 Å². The van der Waals surface area contributed by atoms with Crippen LogP contribution in [0, 0.1) is 0 Å². The maximum absolute atomic E-state index is 4.43. The molecule has 3 nitrogen and oxygen atoms in total. The van der Waals surface area contributed by atoms with Gasteiger partial charge in [-0.05, 0) is 42.5 Å². The van der Waals surface area contributed by atoms with Crippen LogP contribution >= 0.6 is 15.9 Å². The van der Waals surface area contributed by atoms with Crippen molar-refractivity contribution in [1.29, 1.82) is 0 Å². The third-order valence-electron chi connectivity index (χ3n) is 3.90. The van der Waals surface area contributed by atoms with Crippen molar-refractivity contribution >= 4 is 21.6 Å². The Morgan fingerprint density at radius 2 is 1.38 bits per heavy atom. The van der Waals surface area contributed by atoms with Crippen molar-refractivity contribution in [1.82, 2.24) is 9.97 Å². The first-order chi connectivity index (χ1) is 11.8. The Labute approximate surface area is 151 Å². The van der Waals surface area contributed by atoms with Crippen LogP contribution in [0.1, 0.15) is 11.4 Å². The Morgan fingerprint density at radius 1 is 0.750 bits per heavy atom. The van der Waals surface area contributed by atoms with Crippen LogP contribution in [-0.4, -0.2) is 23.1 Å². The van der Waals surface area contributed by atoms with E-state index in [0.29, 0.717) is 0 Å². The average molecular weight is 382 g/mol. The first-order valence-corrected chi connectivity index (χ1v) is 8.91. The highest BCUT2D eigenvalue weighted by Crippen LogP contribution is 2.20. The lowest BCUT2D eigenvalue weighted by Gasteiger charge is -2.25. The van der Waals surface area contributed by atoms with E-state index >= 15 is 0 Å². The van der Waals surface area contributed by atoms with E-state index in [-0.39, 0.29) is 0 Å². The van der Waals surface area contributed by atoms with Gasteiger partial charge in [0.05, 0.1) is 0 Å². The van der Waals surface area contributed by atoms with Crippen molar-refractivity contribution in [2.45, 2.75) is 12.8 Å². The Bertz CT molecular complexity index is 704. The maximum Gasteiger partial charge on any atom is 0.0421 e. The van der Waals surface area contributed by atoms with E-state index in [1.54, 1.807) is 0 Å². The lowest BCUT2D eigenvalue weighted by atomic mass is 10.2. The molecule has 24 heavy (non-hydrogen) atoms. The third kappa shape index (κ3) is 4.90. The summed E-state index contributed by atoms with van der Waals surface area (Å²) in [5.41, 5.74) is 3.46. The van der Waals surface area contributed by atoms with Crippen molar-refractivity contribution in [3.05, 3.63) is 88.9 Å². The summed E-state index contributed by atoms with van der Waals surface area (Å²) < 4.78 is 1.10. The molecule has 0 spiro atoms. The Kier molecular flexibility index (Phi) is 5.96. The van der Waals surface area contributed by atoms with Crippen LogP contribution in [0.4, 0.5) is 5.69 Å². The summed E-state index contributed by atoms with van der Waals surface area (Å²) >= 11 is 3.57. The molecule has 122 valence electrons. The third-order valence-corrected chi connectivity index (χ3v) is 4.39. The highest BCUT2D eigenvalue weighted by molar-refractivity contribution is 9.10. The molecular formula is C20H20BrN3. The molecular weight excluding hydrogens is 362 g/mol. The van der Waals surface area contributed by atoms with Crippen LogP contribution < -0.4 is 4.90 Å². The van der Waals surface area contributed by atoms with E-state index in [1.165, 1.54) is 5.69 Å². The first-order valence-electron chi connectivity index (χ1n) is 8.11. The average Bonchev–Trinajstić information content (AvgIpc) is 2.63. The Balaban J connectivity index is 1.70. The van der Waals surface area contributed by atoms with Crippen LogP contribution in [-0.2, 0) is 12.8 Å². The summed E-state index contributed by atoms with van der Waals surface area (Å²) in [4.78, 5) is 11.3. The molecule has 1 aromatic carbocycles. The van der Waals surface area contributed by atoms with Gasteiger partial charge in [-0.3, -0.25) is 9.97 Å². The zero-order valence-electron chi connectivity index (χ0n) is 13.5. The fourth-order valence-corrected chi connectivity index (χ4v) is 3.02. The molecule has 0 aliphatic rings. The topological polar surface area (TPSA) is 29.0 Å². The number of hydrogen-bond donors (Lipinski definition) is 0. The molecule has 0 atom stereocenters. The van der Waals surface area contributed by atoms with Gasteiger partial charge in [-0.15, -0.1) is 0 Å². The highest BCUT2D eigenvalue weighted by Gasteiger charge is 2.08. The zero-order valence-corrected chi connectivity index (χ0v) is 15.1. The summed E-state index contributed by atoms with van der Waals surface area (Å²) in [5, 5.41) is 0. The van der Waals surface area contributed by atoms with Gasteiger partial charge < -0.3 is 4.90 Å². The second kappa shape index (κ2) is 8.60. The number of nitrogens with zero attached hydrogens (tertiary/aromatic N) is 3. The minimum atomic E-state index is 0.926. The number of hydrogen-bond acceptors (Lipinski definition) is 3. The number of anilines is 1. The van der Waals surface area contributed by atoms with Crippen LogP contribution in [0.3, 0.4) is 0 Å². The molecule has 2 heterocycles. The van der Waals surface area contributed by atoms with Crippen molar-refractivity contribution in [2.75, 3.05) is 18.0 Å². The SMILES string of the molecule is Brc1cccc(N(CCc2ccccn2)CCc2ccccn2)c1. The molecule has 0 amide bonds. The van der Waals surface area contributed by atoms with E-state index in [2.05, 4.69) is 67.2 Å². The number of rotatable bonds is 7. The van der Waals surface area contributed by atoms with Gasteiger partial charge in [0, 0.05) is 59.9 Å². The van der Waals surface area contributed by atoms with Gasteiger partial charge in [0.25, 0.3) is 0 Å². The van der Waals surface area contributed by atoms with Crippen LogP contribution in [0.2, 0.25) is 0 Å². The Hall–Kier alpha value is -2.20. The smallest absolute Gasteiger partial charge is 0.0421 e. The van der Waals surface area contributed by atoms with E-state index in [1.807, 2.05) is 36.7 Å². The fourth-order valence-electron chi connectivity index (χ4n) is 2.63. The predicted octanol–water partition coefficient (Wildman–Crippen LogP) is 4.53. The van der Waals surface area contributed by atoms with Crippen LogP contribution in [0.15, 0.2) is 77.5 Å². The molecule has 3 aromatic rings. The molecule has 0 aliphatic heterocycles. The standard InChI is InChI=1S/C20H20BrN3/c21-17-6-5-9-20(16-17)24(14-10-18-7-1-3-12-22-18)15-11-19-8-2-4-13-23-19/h1-9,12-13,16H,10-11,14-15H2. The molecule has 0 saturated heterocycles. The monoisotopic (exact) mass is 381 g/mol. The number of pyridine rings is 2. The Morgan fingerprint density at radius 3 is 1.88 bits per heavy atom. The molecule has 0 fully saturated rings. The lowest BCUT2D eigenvalue weighted by molar-refractivity contribution is 0.751. The molecule has 0 aliphatic carbocycles.